The van der Waals surface area contributed by atoms with Crippen LogP contribution in [0.15, 0.2) is 9.98 Å². The molecule has 0 aliphatic rings. The molecule has 0 saturated carbocycles. The summed E-state index contributed by atoms with van der Waals surface area (Å²) in [4.78, 5) is 162. The van der Waals surface area contributed by atoms with E-state index in [1.807, 2.05) is 0 Å². The number of hydrogen-bond donors (Lipinski definition) is 20. The van der Waals surface area contributed by atoms with Crippen molar-refractivity contribution in [2.24, 2.45) is 56.0 Å². The second kappa shape index (κ2) is 39.4. The van der Waals surface area contributed by atoms with E-state index in [0.717, 1.165) is 0 Å². The predicted molar refractivity (Wildman–Crippen MR) is 282 cm³/mol. The number of aliphatic hydroxyl groups excluding tert-OH is 1. The van der Waals surface area contributed by atoms with Gasteiger partial charge in [-0.25, -0.2) is 0 Å². The largest absolute Gasteiger partial charge is 0.481 e. The van der Waals surface area contributed by atoms with Crippen LogP contribution < -0.4 is 88.0 Å². The second-order valence-electron chi connectivity index (χ2n) is 18.3. The number of aliphatic imine (C=N–C) groups is 2. The third-order valence-electron chi connectivity index (χ3n) is 11.3. The number of aliphatic hydroxyl groups is 1. The molecule has 0 spiro atoms. The molecule has 0 aromatic heterocycles. The molecule has 0 saturated heterocycles. The van der Waals surface area contributed by atoms with Crippen molar-refractivity contribution in [2.45, 2.75) is 146 Å². The fraction of sp³-hybridized carbons (Fsp3) is 0.689. The van der Waals surface area contributed by atoms with E-state index in [4.69, 9.17) is 45.2 Å². The van der Waals surface area contributed by atoms with Crippen LogP contribution in [0.3, 0.4) is 0 Å². The van der Waals surface area contributed by atoms with E-state index >= 15 is 0 Å². The lowest BCUT2D eigenvalue weighted by Gasteiger charge is -2.28. The van der Waals surface area contributed by atoms with Crippen LogP contribution in [0.4, 0.5) is 0 Å². The lowest BCUT2D eigenvalue weighted by atomic mass is 10.0. The van der Waals surface area contributed by atoms with Crippen molar-refractivity contribution >= 4 is 83.0 Å². The summed E-state index contributed by atoms with van der Waals surface area (Å²) in [5.41, 5.74) is 38.6. The Hall–Kier alpha value is -7.98. The molecule has 0 bridgehead atoms. The molecule has 0 aromatic carbocycles. The van der Waals surface area contributed by atoms with E-state index < -0.39 is 164 Å². The van der Waals surface area contributed by atoms with Gasteiger partial charge in [0.05, 0.1) is 25.6 Å². The third-order valence-corrected chi connectivity index (χ3v) is 11.3. The van der Waals surface area contributed by atoms with Gasteiger partial charge in [0.15, 0.2) is 11.9 Å². The number of nitrogens with one attached hydrogen (secondary N) is 9. The first-order valence-electron chi connectivity index (χ1n) is 25.4. The van der Waals surface area contributed by atoms with Gasteiger partial charge in [0.25, 0.3) is 0 Å². The Morgan fingerprint density at radius 2 is 0.861 bits per heavy atom. The molecule has 34 heteroatoms. The molecule has 0 radical (unpaired) electrons. The number of aliphatic carboxylic acids is 3. The first-order chi connectivity index (χ1) is 37.2. The molecule has 8 atom stereocenters. The zero-order chi connectivity index (χ0) is 60.2. The summed E-state index contributed by atoms with van der Waals surface area (Å²) < 4.78 is 0. The zero-order valence-electron chi connectivity index (χ0n) is 44.5. The Labute approximate surface area is 455 Å². The summed E-state index contributed by atoms with van der Waals surface area (Å²) in [6.45, 7) is 0.783. The van der Waals surface area contributed by atoms with Gasteiger partial charge in [-0.3, -0.25) is 67.5 Å². The number of carboxylic acid groups (broad SMARTS) is 3. The van der Waals surface area contributed by atoms with Gasteiger partial charge in [-0.1, -0.05) is 13.8 Å². The lowest BCUT2D eigenvalue weighted by Crippen LogP contribution is -2.61. The molecule has 0 aliphatic heterocycles. The van der Waals surface area contributed by atoms with Crippen molar-refractivity contribution in [3.05, 3.63) is 0 Å². The summed E-state index contributed by atoms with van der Waals surface area (Å²) in [6, 6.07) is -12.0. The minimum Gasteiger partial charge on any atom is -0.481 e. The summed E-state index contributed by atoms with van der Waals surface area (Å²) in [5.74, 6) is -14.5. The maximum Gasteiger partial charge on any atom is 0.322 e. The number of rotatable bonds is 42. The van der Waals surface area contributed by atoms with Crippen LogP contribution in [0, 0.1) is 5.92 Å². The Bertz CT molecular complexity index is 2110. The fourth-order valence-corrected chi connectivity index (χ4v) is 7.03. The highest BCUT2D eigenvalue weighted by molar-refractivity contribution is 5.98. The van der Waals surface area contributed by atoms with Crippen LogP contribution >= 0.6 is 0 Å². The molecule has 27 N–H and O–H groups in total. The van der Waals surface area contributed by atoms with Gasteiger partial charge in [0.1, 0.15) is 48.8 Å². The molecule has 0 rings (SSSR count). The standard InChI is InChI=1S/C45H82N18O16/c1-23(2)35(63-40(76)27(11-4-6-16-47)61-39(75)28(13-14-32(66)67)58-36(72)24(48)9-7-17-53-44(49)50)43(79)62-30(22-64)42(78)60-26(12-8-18-54-45(51)52)37(73)55-20-31(65)57-29(19-33(68)69)41(77)59-25(10-3-5-15-46)38(74)56-21-34(70)71/h23-30,35,64H,3-22,46-48H2,1-2H3,(H,55,73)(H,56,74)(H,57,65)(H,58,72)(H,59,77)(H,60,78)(H,61,75)(H,62,79)(H,63,76)(H,66,67)(H,68,69)(H,70,71)(H4,49,50,53)(H4,51,52,54)/t24-,25-,26-,27-,28-,29-,30-,35-/m0/s1. The number of unbranched alkanes of at least 4 members (excludes halogenated alkanes) is 2. The number of nitrogens with zero attached hydrogens (tertiary/aromatic N) is 2. The summed E-state index contributed by atoms with van der Waals surface area (Å²) in [7, 11) is 0. The maximum absolute atomic E-state index is 13.9. The zero-order valence-corrected chi connectivity index (χ0v) is 44.5. The molecule has 0 aliphatic carbocycles. The Morgan fingerprint density at radius 3 is 1.32 bits per heavy atom. The number of carbonyl (C=O) groups is 12. The van der Waals surface area contributed by atoms with Crippen molar-refractivity contribution in [1.82, 2.24) is 47.9 Å². The third kappa shape index (κ3) is 31.7. The van der Waals surface area contributed by atoms with E-state index in [2.05, 4.69) is 57.8 Å². The topological polar surface area (TPSA) is 601 Å². The van der Waals surface area contributed by atoms with Gasteiger partial charge in [-0.05, 0) is 89.6 Å². The van der Waals surface area contributed by atoms with Crippen LogP contribution in [-0.4, -0.2) is 198 Å². The number of carboxylic acids is 3. The first kappa shape index (κ1) is 71.0. The highest BCUT2D eigenvalue weighted by Crippen LogP contribution is 2.10. The van der Waals surface area contributed by atoms with Crippen LogP contribution in [0.1, 0.15) is 97.3 Å². The number of amides is 9. The average molecular weight is 1130 g/mol. The van der Waals surface area contributed by atoms with Crippen molar-refractivity contribution in [2.75, 3.05) is 45.9 Å². The Balaban J connectivity index is 6.36. The molecule has 0 unspecified atom stereocenters. The molecular formula is C45H82N18O16. The van der Waals surface area contributed by atoms with Gasteiger partial charge in [-0.2, -0.15) is 0 Å². The SMILES string of the molecule is CC(C)[C@H](NC(=O)[C@H](CCCCN)NC(=O)[C@H](CCC(=O)O)NC(=O)[C@@H](N)CCCN=C(N)N)C(=O)N[C@@H](CO)C(=O)N[C@@H](CCCN=C(N)N)C(=O)NCC(=O)N[C@@H](CC(=O)O)C(=O)N[C@@H](CCCCN)C(=O)NCC(=O)O. The molecule has 34 nitrogen and oxygen atoms in total. The molecule has 9 amide bonds. The number of hydrogen-bond acceptors (Lipinski definition) is 18. The molecule has 0 aromatic rings. The van der Waals surface area contributed by atoms with E-state index in [1.165, 1.54) is 13.8 Å². The predicted octanol–water partition coefficient (Wildman–Crippen LogP) is -8.62. The smallest absolute Gasteiger partial charge is 0.322 e. The highest BCUT2D eigenvalue weighted by atomic mass is 16.4. The minimum atomic E-state index is -1.82. The van der Waals surface area contributed by atoms with Crippen molar-refractivity contribution < 1.29 is 78.0 Å². The van der Waals surface area contributed by atoms with Crippen LogP contribution in [0.5, 0.6) is 0 Å². The summed E-state index contributed by atoms with van der Waals surface area (Å²) >= 11 is 0. The quantitative estimate of drug-likeness (QED) is 0.0153. The van der Waals surface area contributed by atoms with Crippen molar-refractivity contribution in [3.8, 4) is 0 Å². The van der Waals surface area contributed by atoms with Gasteiger partial charge in [0, 0.05) is 19.5 Å². The van der Waals surface area contributed by atoms with Crippen LogP contribution in [0.2, 0.25) is 0 Å². The lowest BCUT2D eigenvalue weighted by molar-refractivity contribution is -0.141. The van der Waals surface area contributed by atoms with Crippen LogP contribution in [0.25, 0.3) is 0 Å². The van der Waals surface area contributed by atoms with Crippen molar-refractivity contribution in [3.63, 3.8) is 0 Å². The Kier molecular flexibility index (Phi) is 35.4. The summed E-state index contributed by atoms with van der Waals surface area (Å²) in [6.07, 6.45) is -0.507. The molecule has 0 fully saturated rings. The van der Waals surface area contributed by atoms with E-state index in [1.54, 1.807) is 0 Å². The fourth-order valence-electron chi connectivity index (χ4n) is 7.03. The average Bonchev–Trinajstić information content (AvgIpc) is 3.37. The molecule has 0 heterocycles. The molecular weight excluding hydrogens is 1050 g/mol. The van der Waals surface area contributed by atoms with Gasteiger partial charge in [0.2, 0.25) is 53.2 Å². The Morgan fingerprint density at radius 1 is 0.443 bits per heavy atom. The first-order valence-corrected chi connectivity index (χ1v) is 25.4. The van der Waals surface area contributed by atoms with Crippen molar-refractivity contribution in [1.29, 1.82) is 0 Å². The minimum absolute atomic E-state index is 0.0262. The van der Waals surface area contributed by atoms with E-state index in [-0.39, 0.29) is 83.0 Å². The summed E-state index contributed by atoms with van der Waals surface area (Å²) in [5, 5.41) is 59.0. The number of guanidine groups is 2. The van der Waals surface area contributed by atoms with Gasteiger partial charge in [-0.15, -0.1) is 0 Å². The van der Waals surface area contributed by atoms with Gasteiger partial charge < -0.3 is 108 Å². The van der Waals surface area contributed by atoms with Gasteiger partial charge >= 0.3 is 17.9 Å². The van der Waals surface area contributed by atoms with Crippen LogP contribution in [-0.2, 0) is 57.5 Å². The number of nitrogens with two attached hydrogens (primary N) is 7. The highest BCUT2D eigenvalue weighted by Gasteiger charge is 2.35. The number of carbonyl (C=O) groups excluding carboxylic acids is 9. The maximum atomic E-state index is 13.9. The monoisotopic (exact) mass is 1130 g/mol. The molecule has 79 heavy (non-hydrogen) atoms. The normalized spacial score (nSPS) is 13.9. The molecule has 448 valence electrons. The second-order valence-corrected chi connectivity index (χ2v) is 18.3. The van der Waals surface area contributed by atoms with E-state index in [9.17, 15) is 72.9 Å². The van der Waals surface area contributed by atoms with E-state index in [0.29, 0.717) is 19.3 Å².